The first-order valence-corrected chi connectivity index (χ1v) is 8.27. The number of ether oxygens (including phenoxy) is 1. The van der Waals surface area contributed by atoms with E-state index in [2.05, 4.69) is 15.5 Å². The molecule has 24 heavy (non-hydrogen) atoms. The molecule has 0 bridgehead atoms. The molecule has 1 amide bonds. The fourth-order valence-corrected chi connectivity index (χ4v) is 2.70. The highest BCUT2D eigenvalue weighted by molar-refractivity contribution is 6.07. The number of aromatic amines is 1. The van der Waals surface area contributed by atoms with Crippen LogP contribution >= 0.6 is 0 Å². The highest BCUT2D eigenvalue weighted by Gasteiger charge is 2.20. The molecule has 0 spiro atoms. The molecule has 0 radical (unpaired) electrons. The highest BCUT2D eigenvalue weighted by atomic mass is 16.5. The number of carbonyl (C=O) groups is 1. The molecular weight excluding hydrogens is 302 g/mol. The number of nitrogens with zero attached hydrogens (tertiary/aromatic N) is 1. The largest absolute Gasteiger partial charge is 0.494 e. The third-order valence-corrected chi connectivity index (χ3v) is 4.29. The van der Waals surface area contributed by atoms with Gasteiger partial charge in [-0.15, -0.1) is 0 Å². The number of fused-ring (bicyclic) bond motifs is 1. The summed E-state index contributed by atoms with van der Waals surface area (Å²) >= 11 is 0. The van der Waals surface area contributed by atoms with E-state index in [1.807, 2.05) is 36.4 Å². The van der Waals surface area contributed by atoms with Crippen LogP contribution in [0.4, 0.5) is 5.82 Å². The molecule has 122 valence electrons. The number of rotatable bonds is 6. The SMILES string of the molecule is O=C(Nc1n[nH]c2cc(OCCC3CC3)ccc12)c1ccccc1. The molecule has 2 aromatic carbocycles. The zero-order chi connectivity index (χ0) is 16.4. The monoisotopic (exact) mass is 321 g/mol. The number of hydrogen-bond acceptors (Lipinski definition) is 3. The Bertz CT molecular complexity index is 853. The Morgan fingerprint density at radius 2 is 2.04 bits per heavy atom. The number of aromatic nitrogens is 2. The van der Waals surface area contributed by atoms with Crippen molar-refractivity contribution in [1.29, 1.82) is 0 Å². The van der Waals surface area contributed by atoms with Crippen molar-refractivity contribution < 1.29 is 9.53 Å². The lowest BCUT2D eigenvalue weighted by Gasteiger charge is -2.06. The van der Waals surface area contributed by atoms with Crippen molar-refractivity contribution in [3.05, 3.63) is 54.1 Å². The van der Waals surface area contributed by atoms with Crippen molar-refractivity contribution in [2.45, 2.75) is 19.3 Å². The van der Waals surface area contributed by atoms with Crippen molar-refractivity contribution in [2.24, 2.45) is 5.92 Å². The number of amides is 1. The summed E-state index contributed by atoms with van der Waals surface area (Å²) in [4.78, 5) is 12.2. The summed E-state index contributed by atoms with van der Waals surface area (Å²) in [6, 6.07) is 14.9. The molecule has 3 aromatic rings. The number of benzene rings is 2. The topological polar surface area (TPSA) is 67.0 Å². The Morgan fingerprint density at radius 3 is 2.83 bits per heavy atom. The van der Waals surface area contributed by atoms with Gasteiger partial charge in [0.15, 0.2) is 5.82 Å². The summed E-state index contributed by atoms with van der Waals surface area (Å²) in [7, 11) is 0. The van der Waals surface area contributed by atoms with E-state index in [9.17, 15) is 4.79 Å². The van der Waals surface area contributed by atoms with E-state index in [1.54, 1.807) is 12.1 Å². The maximum atomic E-state index is 12.2. The molecule has 4 rings (SSSR count). The Hall–Kier alpha value is -2.82. The van der Waals surface area contributed by atoms with Gasteiger partial charge in [-0.3, -0.25) is 9.89 Å². The maximum Gasteiger partial charge on any atom is 0.256 e. The quantitative estimate of drug-likeness (QED) is 0.721. The second-order valence-corrected chi connectivity index (χ2v) is 6.18. The lowest BCUT2D eigenvalue weighted by molar-refractivity contribution is 0.102. The van der Waals surface area contributed by atoms with Gasteiger partial charge in [-0.1, -0.05) is 31.0 Å². The Kier molecular flexibility index (Phi) is 3.91. The molecule has 1 fully saturated rings. The average molecular weight is 321 g/mol. The van der Waals surface area contributed by atoms with E-state index in [0.29, 0.717) is 11.4 Å². The van der Waals surface area contributed by atoms with Crippen molar-refractivity contribution in [3.8, 4) is 5.75 Å². The maximum absolute atomic E-state index is 12.2. The van der Waals surface area contributed by atoms with Gasteiger partial charge < -0.3 is 10.1 Å². The minimum atomic E-state index is -0.172. The summed E-state index contributed by atoms with van der Waals surface area (Å²) in [5, 5.41) is 10.9. The molecule has 5 nitrogen and oxygen atoms in total. The minimum Gasteiger partial charge on any atom is -0.494 e. The molecule has 0 aliphatic heterocycles. The minimum absolute atomic E-state index is 0.172. The van der Waals surface area contributed by atoms with Crippen LogP contribution in [0.25, 0.3) is 10.9 Å². The lowest BCUT2D eigenvalue weighted by Crippen LogP contribution is -2.12. The third kappa shape index (κ3) is 3.25. The molecule has 0 atom stereocenters. The van der Waals surface area contributed by atoms with Crippen molar-refractivity contribution >= 4 is 22.6 Å². The lowest BCUT2D eigenvalue weighted by atomic mass is 10.2. The van der Waals surface area contributed by atoms with E-state index in [1.165, 1.54) is 12.8 Å². The number of H-pyrrole nitrogens is 1. The van der Waals surface area contributed by atoms with Gasteiger partial charge in [0.25, 0.3) is 5.91 Å². The number of carbonyl (C=O) groups excluding carboxylic acids is 1. The smallest absolute Gasteiger partial charge is 0.256 e. The number of hydrogen-bond donors (Lipinski definition) is 2. The summed E-state index contributed by atoms with van der Waals surface area (Å²) < 4.78 is 5.79. The predicted molar refractivity (Wildman–Crippen MR) is 93.3 cm³/mol. The van der Waals surface area contributed by atoms with E-state index in [4.69, 9.17) is 4.74 Å². The molecule has 1 aromatic heterocycles. The molecule has 2 N–H and O–H groups in total. The number of anilines is 1. The second kappa shape index (κ2) is 6.35. The summed E-state index contributed by atoms with van der Waals surface area (Å²) in [5.41, 5.74) is 1.45. The molecule has 0 unspecified atom stereocenters. The first-order chi connectivity index (χ1) is 11.8. The Morgan fingerprint density at radius 1 is 1.21 bits per heavy atom. The van der Waals surface area contributed by atoms with Crippen LogP contribution in [0.2, 0.25) is 0 Å². The van der Waals surface area contributed by atoms with Crippen LogP contribution in [0.5, 0.6) is 5.75 Å². The van der Waals surface area contributed by atoms with Gasteiger partial charge in [0.1, 0.15) is 5.75 Å². The van der Waals surface area contributed by atoms with Crippen LogP contribution in [-0.2, 0) is 0 Å². The Labute approximate surface area is 140 Å². The van der Waals surface area contributed by atoms with Crippen LogP contribution in [0.15, 0.2) is 48.5 Å². The van der Waals surface area contributed by atoms with Crippen LogP contribution in [0.3, 0.4) is 0 Å². The second-order valence-electron chi connectivity index (χ2n) is 6.18. The molecular formula is C19H19N3O2. The molecule has 1 heterocycles. The van der Waals surface area contributed by atoms with Gasteiger partial charge in [-0.05, 0) is 36.6 Å². The van der Waals surface area contributed by atoms with Gasteiger partial charge in [0, 0.05) is 17.0 Å². The summed E-state index contributed by atoms with van der Waals surface area (Å²) in [5.74, 6) is 2.05. The Balaban J connectivity index is 1.47. The van der Waals surface area contributed by atoms with Gasteiger partial charge in [-0.2, -0.15) is 5.10 Å². The number of nitrogens with one attached hydrogen (secondary N) is 2. The fourth-order valence-electron chi connectivity index (χ4n) is 2.70. The van der Waals surface area contributed by atoms with Crippen molar-refractivity contribution in [2.75, 3.05) is 11.9 Å². The summed E-state index contributed by atoms with van der Waals surface area (Å²) in [6.45, 7) is 0.752. The van der Waals surface area contributed by atoms with Gasteiger partial charge in [-0.25, -0.2) is 0 Å². The van der Waals surface area contributed by atoms with Crippen LogP contribution in [0.1, 0.15) is 29.6 Å². The highest BCUT2D eigenvalue weighted by Crippen LogP contribution is 2.32. The van der Waals surface area contributed by atoms with Gasteiger partial charge in [0.2, 0.25) is 0 Å². The van der Waals surface area contributed by atoms with Crippen LogP contribution in [-0.4, -0.2) is 22.7 Å². The van der Waals surface area contributed by atoms with E-state index >= 15 is 0 Å². The normalized spacial score (nSPS) is 13.8. The molecule has 1 aliphatic rings. The van der Waals surface area contributed by atoms with Crippen LogP contribution in [0, 0.1) is 5.92 Å². The van der Waals surface area contributed by atoms with Crippen molar-refractivity contribution in [3.63, 3.8) is 0 Å². The average Bonchev–Trinajstić information content (AvgIpc) is 3.36. The first-order valence-electron chi connectivity index (χ1n) is 8.27. The molecule has 0 saturated heterocycles. The van der Waals surface area contributed by atoms with Crippen LogP contribution < -0.4 is 10.1 Å². The summed E-state index contributed by atoms with van der Waals surface area (Å²) in [6.07, 6.45) is 3.81. The molecule has 1 aliphatic carbocycles. The predicted octanol–water partition coefficient (Wildman–Crippen LogP) is 3.99. The van der Waals surface area contributed by atoms with E-state index in [-0.39, 0.29) is 5.91 Å². The van der Waals surface area contributed by atoms with E-state index < -0.39 is 0 Å². The van der Waals surface area contributed by atoms with Gasteiger partial charge >= 0.3 is 0 Å². The standard InChI is InChI=1S/C19H19N3O2/c23-19(14-4-2-1-3-5-14)20-18-16-9-8-15(12-17(16)21-22-18)24-11-10-13-6-7-13/h1-5,8-9,12-13H,6-7,10-11H2,(H2,20,21,22,23). The first kappa shape index (κ1) is 14.8. The molecule has 1 saturated carbocycles. The van der Waals surface area contributed by atoms with Gasteiger partial charge in [0.05, 0.1) is 12.1 Å². The zero-order valence-corrected chi connectivity index (χ0v) is 13.3. The fraction of sp³-hybridized carbons (Fsp3) is 0.263. The van der Waals surface area contributed by atoms with E-state index in [0.717, 1.165) is 35.6 Å². The van der Waals surface area contributed by atoms with Crippen molar-refractivity contribution in [1.82, 2.24) is 10.2 Å². The molecule has 5 heteroatoms. The zero-order valence-electron chi connectivity index (χ0n) is 13.3. The third-order valence-electron chi connectivity index (χ3n) is 4.29.